The number of carbonyl (C=O) groups excluding carboxylic acids is 1. The van der Waals surface area contributed by atoms with Crippen LogP contribution in [0.4, 0.5) is 0 Å². The summed E-state index contributed by atoms with van der Waals surface area (Å²) in [6.45, 7) is 9.82. The van der Waals surface area contributed by atoms with Gasteiger partial charge in [0, 0.05) is 12.0 Å². The second-order valence-corrected chi connectivity index (χ2v) is 5.70. The lowest BCUT2D eigenvalue weighted by molar-refractivity contribution is -0.125. The lowest BCUT2D eigenvalue weighted by Gasteiger charge is -2.25. The van der Waals surface area contributed by atoms with E-state index in [1.807, 2.05) is 32.9 Å². The fraction of sp³-hybridized carbons (Fsp3) is 0.615. The molecule has 0 aliphatic rings. The molecule has 0 fully saturated rings. The van der Waals surface area contributed by atoms with Gasteiger partial charge in [0.2, 0.25) is 5.91 Å². The molecule has 4 nitrogen and oxygen atoms in total. The fourth-order valence-corrected chi connectivity index (χ4v) is 1.41. The lowest BCUT2D eigenvalue weighted by Crippen LogP contribution is -2.51. The standard InChI is InChI=1S/C13H22N2O2/c1-9-6-7-10(17-9)12(2,3)8-15-11(16)13(4,5)14/h6-7H,8,14H2,1-5H3,(H,15,16). The van der Waals surface area contributed by atoms with Crippen LogP contribution in [-0.2, 0) is 10.2 Å². The summed E-state index contributed by atoms with van der Waals surface area (Å²) in [5, 5.41) is 2.85. The Morgan fingerprint density at radius 2 is 1.94 bits per heavy atom. The van der Waals surface area contributed by atoms with Gasteiger partial charge in [-0.05, 0) is 32.9 Å². The van der Waals surface area contributed by atoms with Crippen LogP contribution in [0.3, 0.4) is 0 Å². The van der Waals surface area contributed by atoms with Crippen molar-refractivity contribution in [3.63, 3.8) is 0 Å². The Morgan fingerprint density at radius 3 is 2.35 bits per heavy atom. The first kappa shape index (κ1) is 13.8. The van der Waals surface area contributed by atoms with Gasteiger partial charge in [0.15, 0.2) is 0 Å². The van der Waals surface area contributed by atoms with Crippen molar-refractivity contribution in [1.82, 2.24) is 5.32 Å². The molecule has 4 heteroatoms. The van der Waals surface area contributed by atoms with Crippen LogP contribution in [0.5, 0.6) is 0 Å². The molecule has 1 rings (SSSR count). The van der Waals surface area contributed by atoms with Crippen LogP contribution in [0.25, 0.3) is 0 Å². The molecule has 1 aromatic heterocycles. The Morgan fingerprint density at radius 1 is 1.35 bits per heavy atom. The highest BCUT2D eigenvalue weighted by Gasteiger charge is 2.28. The maximum absolute atomic E-state index is 11.7. The van der Waals surface area contributed by atoms with E-state index >= 15 is 0 Å². The van der Waals surface area contributed by atoms with E-state index in [9.17, 15) is 4.79 Å². The second-order valence-electron chi connectivity index (χ2n) is 5.70. The van der Waals surface area contributed by atoms with Crippen LogP contribution in [0.2, 0.25) is 0 Å². The van der Waals surface area contributed by atoms with E-state index in [2.05, 4.69) is 5.32 Å². The highest BCUT2D eigenvalue weighted by atomic mass is 16.3. The normalized spacial score (nSPS) is 12.6. The summed E-state index contributed by atoms with van der Waals surface area (Å²) < 4.78 is 5.58. The lowest BCUT2D eigenvalue weighted by atomic mass is 9.90. The Kier molecular flexibility index (Phi) is 3.67. The minimum atomic E-state index is -0.852. The van der Waals surface area contributed by atoms with Crippen molar-refractivity contribution in [1.29, 1.82) is 0 Å². The monoisotopic (exact) mass is 238 g/mol. The zero-order chi connectivity index (χ0) is 13.3. The summed E-state index contributed by atoms with van der Waals surface area (Å²) in [5.74, 6) is 1.58. The predicted molar refractivity (Wildman–Crippen MR) is 67.7 cm³/mol. The Bertz CT molecular complexity index is 400. The summed E-state index contributed by atoms with van der Waals surface area (Å²) in [6, 6.07) is 3.86. The number of hydrogen-bond acceptors (Lipinski definition) is 3. The molecule has 0 aliphatic carbocycles. The fourth-order valence-electron chi connectivity index (χ4n) is 1.41. The number of amides is 1. The summed E-state index contributed by atoms with van der Waals surface area (Å²) in [4.78, 5) is 11.7. The first-order valence-corrected chi connectivity index (χ1v) is 5.77. The third-order valence-corrected chi connectivity index (χ3v) is 2.68. The van der Waals surface area contributed by atoms with Gasteiger partial charge in [0.05, 0.1) is 5.54 Å². The number of nitrogens with two attached hydrogens (primary N) is 1. The van der Waals surface area contributed by atoms with Gasteiger partial charge in [-0.3, -0.25) is 4.79 Å². The van der Waals surface area contributed by atoms with Gasteiger partial charge in [0.25, 0.3) is 0 Å². The Balaban J connectivity index is 2.65. The molecule has 0 saturated heterocycles. The van der Waals surface area contributed by atoms with Crippen LogP contribution in [0, 0.1) is 6.92 Å². The zero-order valence-electron chi connectivity index (χ0n) is 11.3. The molecule has 0 radical (unpaired) electrons. The van der Waals surface area contributed by atoms with Gasteiger partial charge < -0.3 is 15.5 Å². The van der Waals surface area contributed by atoms with Crippen LogP contribution in [-0.4, -0.2) is 18.0 Å². The molecule has 0 aliphatic heterocycles. The van der Waals surface area contributed by atoms with Gasteiger partial charge in [-0.2, -0.15) is 0 Å². The van der Waals surface area contributed by atoms with Crippen LogP contribution >= 0.6 is 0 Å². The number of carbonyl (C=O) groups is 1. The Labute approximate surface area is 103 Å². The summed E-state index contributed by atoms with van der Waals surface area (Å²) >= 11 is 0. The van der Waals surface area contributed by atoms with Crippen molar-refractivity contribution in [2.24, 2.45) is 5.73 Å². The van der Waals surface area contributed by atoms with Crippen molar-refractivity contribution in [3.05, 3.63) is 23.7 Å². The molecule has 0 spiro atoms. The predicted octanol–water partition coefficient (Wildman–Crippen LogP) is 1.72. The molecule has 3 N–H and O–H groups in total. The maximum Gasteiger partial charge on any atom is 0.239 e. The third-order valence-electron chi connectivity index (χ3n) is 2.68. The highest BCUT2D eigenvalue weighted by molar-refractivity contribution is 5.85. The summed E-state index contributed by atoms with van der Waals surface area (Å²) in [5.41, 5.74) is 4.62. The van der Waals surface area contributed by atoms with Crippen LogP contribution in [0.1, 0.15) is 39.2 Å². The summed E-state index contributed by atoms with van der Waals surface area (Å²) in [7, 11) is 0. The van der Waals surface area contributed by atoms with E-state index in [0.717, 1.165) is 11.5 Å². The average Bonchev–Trinajstić information content (AvgIpc) is 2.60. The van der Waals surface area contributed by atoms with Gasteiger partial charge >= 0.3 is 0 Å². The summed E-state index contributed by atoms with van der Waals surface area (Å²) in [6.07, 6.45) is 0. The molecule has 1 amide bonds. The molecule has 0 unspecified atom stereocenters. The molecule has 1 aromatic rings. The van der Waals surface area contributed by atoms with Gasteiger partial charge in [-0.25, -0.2) is 0 Å². The minimum absolute atomic E-state index is 0.158. The van der Waals surface area contributed by atoms with E-state index in [-0.39, 0.29) is 11.3 Å². The van der Waals surface area contributed by atoms with Crippen molar-refractivity contribution < 1.29 is 9.21 Å². The van der Waals surface area contributed by atoms with E-state index in [4.69, 9.17) is 10.2 Å². The number of aryl methyl sites for hydroxylation is 1. The molecule has 17 heavy (non-hydrogen) atoms. The van der Waals surface area contributed by atoms with Crippen molar-refractivity contribution >= 4 is 5.91 Å². The van der Waals surface area contributed by atoms with Gasteiger partial charge in [-0.1, -0.05) is 13.8 Å². The quantitative estimate of drug-likeness (QED) is 0.839. The molecule has 0 atom stereocenters. The van der Waals surface area contributed by atoms with Gasteiger partial charge in [0.1, 0.15) is 11.5 Å². The molecular formula is C13H22N2O2. The molecule has 96 valence electrons. The molecule has 0 bridgehead atoms. The first-order chi connectivity index (χ1) is 7.63. The molecular weight excluding hydrogens is 216 g/mol. The SMILES string of the molecule is Cc1ccc(C(C)(C)CNC(=O)C(C)(C)N)o1. The third kappa shape index (κ3) is 3.60. The Hall–Kier alpha value is -1.29. The number of rotatable bonds is 4. The largest absolute Gasteiger partial charge is 0.466 e. The van der Waals surface area contributed by atoms with Crippen LogP contribution < -0.4 is 11.1 Å². The topological polar surface area (TPSA) is 68.3 Å². The first-order valence-electron chi connectivity index (χ1n) is 5.77. The van der Waals surface area contributed by atoms with E-state index in [1.165, 1.54) is 0 Å². The van der Waals surface area contributed by atoms with E-state index in [0.29, 0.717) is 6.54 Å². The van der Waals surface area contributed by atoms with Crippen LogP contribution in [0.15, 0.2) is 16.5 Å². The van der Waals surface area contributed by atoms with E-state index < -0.39 is 5.54 Å². The second kappa shape index (κ2) is 4.53. The van der Waals surface area contributed by atoms with Crippen molar-refractivity contribution in [2.75, 3.05) is 6.54 Å². The molecule has 1 heterocycles. The maximum atomic E-state index is 11.7. The minimum Gasteiger partial charge on any atom is -0.466 e. The van der Waals surface area contributed by atoms with Gasteiger partial charge in [-0.15, -0.1) is 0 Å². The number of nitrogens with one attached hydrogen (secondary N) is 1. The number of furan rings is 1. The molecule has 0 saturated carbocycles. The number of hydrogen-bond donors (Lipinski definition) is 2. The van der Waals surface area contributed by atoms with E-state index in [1.54, 1.807) is 13.8 Å². The van der Waals surface area contributed by atoms with Crippen molar-refractivity contribution in [2.45, 2.75) is 45.6 Å². The zero-order valence-corrected chi connectivity index (χ0v) is 11.3. The average molecular weight is 238 g/mol. The molecule has 0 aromatic carbocycles. The van der Waals surface area contributed by atoms with Crippen molar-refractivity contribution in [3.8, 4) is 0 Å². The highest BCUT2D eigenvalue weighted by Crippen LogP contribution is 2.24. The smallest absolute Gasteiger partial charge is 0.239 e.